The first-order chi connectivity index (χ1) is 8.65. The van der Waals surface area contributed by atoms with Crippen LogP contribution in [-0.2, 0) is 11.3 Å². The number of hydrogen-bond acceptors (Lipinski definition) is 5. The Kier molecular flexibility index (Phi) is 3.68. The number of nitrogens with one attached hydrogen (secondary N) is 3. The van der Waals surface area contributed by atoms with Crippen molar-refractivity contribution >= 4 is 28.2 Å². The molecule has 0 radical (unpaired) electrons. The Hall–Kier alpha value is -2.22. The Morgan fingerprint density at radius 3 is 2.94 bits per heavy atom. The number of carbonyl (C=O) groups excluding carboxylic acids is 2. The normalized spacial score (nSPS) is 10.1. The van der Waals surface area contributed by atoms with Crippen LogP contribution in [0.2, 0.25) is 0 Å². The predicted molar refractivity (Wildman–Crippen MR) is 66.2 cm³/mol. The molecule has 0 spiro atoms. The minimum Gasteiger partial charge on any atom is -0.344 e. The number of anilines is 1. The van der Waals surface area contributed by atoms with Gasteiger partial charge in [-0.3, -0.25) is 14.7 Å². The number of thiophene rings is 1. The Bertz CT molecular complexity index is 548. The van der Waals surface area contributed by atoms with Gasteiger partial charge in [0, 0.05) is 6.92 Å². The summed E-state index contributed by atoms with van der Waals surface area (Å²) >= 11 is 1.22. The number of amides is 2. The van der Waals surface area contributed by atoms with E-state index in [4.69, 9.17) is 0 Å². The predicted octanol–water partition coefficient (Wildman–Crippen LogP) is 0.755. The average Bonchev–Trinajstić information content (AvgIpc) is 2.95. The van der Waals surface area contributed by atoms with Crippen LogP contribution in [0.1, 0.15) is 22.4 Å². The third-order valence-corrected chi connectivity index (χ3v) is 3.01. The largest absolute Gasteiger partial charge is 0.344 e. The number of nitrogens with zero attached hydrogens (tertiary/aromatic N) is 2. The zero-order valence-electron chi connectivity index (χ0n) is 9.56. The van der Waals surface area contributed by atoms with Gasteiger partial charge in [-0.1, -0.05) is 0 Å². The smallest absolute Gasteiger partial charge is 0.261 e. The Labute approximate surface area is 107 Å². The minimum absolute atomic E-state index is 0.162. The molecule has 0 atom stereocenters. The number of aromatic amines is 1. The van der Waals surface area contributed by atoms with Gasteiger partial charge in [-0.05, 0) is 12.1 Å². The first-order valence-electron chi connectivity index (χ1n) is 5.15. The average molecular weight is 265 g/mol. The van der Waals surface area contributed by atoms with E-state index in [0.717, 1.165) is 0 Å². The van der Waals surface area contributed by atoms with E-state index in [1.54, 1.807) is 12.1 Å². The molecule has 2 rings (SSSR count). The third kappa shape index (κ3) is 3.14. The molecule has 94 valence electrons. The van der Waals surface area contributed by atoms with Crippen LogP contribution in [0.3, 0.4) is 0 Å². The first kappa shape index (κ1) is 12.2. The van der Waals surface area contributed by atoms with E-state index >= 15 is 0 Å². The quantitative estimate of drug-likeness (QED) is 0.759. The van der Waals surface area contributed by atoms with Gasteiger partial charge < -0.3 is 10.6 Å². The molecule has 0 saturated carbocycles. The fourth-order valence-corrected chi connectivity index (χ4v) is 2.14. The Morgan fingerprint density at radius 1 is 1.44 bits per heavy atom. The summed E-state index contributed by atoms with van der Waals surface area (Å²) in [6.45, 7) is 1.70. The number of aromatic nitrogens is 3. The minimum atomic E-state index is -0.215. The summed E-state index contributed by atoms with van der Waals surface area (Å²) in [5.41, 5.74) is 0. The van der Waals surface area contributed by atoms with Crippen molar-refractivity contribution in [3.63, 3.8) is 0 Å². The van der Waals surface area contributed by atoms with E-state index in [9.17, 15) is 9.59 Å². The highest BCUT2D eigenvalue weighted by molar-refractivity contribution is 7.18. The van der Waals surface area contributed by atoms with Crippen molar-refractivity contribution in [1.29, 1.82) is 0 Å². The molecular weight excluding hydrogens is 254 g/mol. The van der Waals surface area contributed by atoms with Crippen LogP contribution >= 0.6 is 11.3 Å². The number of H-pyrrole nitrogens is 1. The van der Waals surface area contributed by atoms with Gasteiger partial charge in [0.2, 0.25) is 5.91 Å². The second-order valence-corrected chi connectivity index (χ2v) is 4.54. The summed E-state index contributed by atoms with van der Waals surface area (Å²) in [5.74, 6) is 0.209. The monoisotopic (exact) mass is 265 g/mol. The molecule has 0 aliphatic carbocycles. The zero-order valence-corrected chi connectivity index (χ0v) is 10.4. The molecular formula is C10H11N5O2S. The van der Waals surface area contributed by atoms with Crippen LogP contribution in [0, 0.1) is 0 Å². The van der Waals surface area contributed by atoms with Crippen LogP contribution in [0.5, 0.6) is 0 Å². The second-order valence-electron chi connectivity index (χ2n) is 3.46. The van der Waals surface area contributed by atoms with Gasteiger partial charge >= 0.3 is 0 Å². The molecule has 2 amide bonds. The standard InChI is InChI=1S/C10H11N5O2S/c1-6(16)14-9-3-2-7(18-9)10(17)11-4-8-12-5-13-15-8/h2-3,5H,4H2,1H3,(H,11,17)(H,14,16)(H,12,13,15). The molecule has 2 heterocycles. The molecule has 0 aliphatic rings. The molecule has 0 saturated heterocycles. The molecule has 3 N–H and O–H groups in total. The molecule has 18 heavy (non-hydrogen) atoms. The fraction of sp³-hybridized carbons (Fsp3) is 0.200. The molecule has 0 aliphatic heterocycles. The lowest BCUT2D eigenvalue weighted by atomic mass is 10.4. The highest BCUT2D eigenvalue weighted by atomic mass is 32.1. The lowest BCUT2D eigenvalue weighted by Gasteiger charge is -2.00. The van der Waals surface area contributed by atoms with Crippen LogP contribution in [0.25, 0.3) is 0 Å². The van der Waals surface area contributed by atoms with Crippen LogP contribution < -0.4 is 10.6 Å². The summed E-state index contributed by atoms with van der Waals surface area (Å²) < 4.78 is 0. The van der Waals surface area contributed by atoms with Gasteiger partial charge in [0.05, 0.1) is 16.4 Å². The lowest BCUT2D eigenvalue weighted by molar-refractivity contribution is -0.114. The fourth-order valence-electron chi connectivity index (χ4n) is 1.27. The van der Waals surface area contributed by atoms with E-state index < -0.39 is 0 Å². The van der Waals surface area contributed by atoms with Crippen molar-refractivity contribution < 1.29 is 9.59 Å². The summed E-state index contributed by atoms with van der Waals surface area (Å²) in [7, 11) is 0. The molecule has 7 nitrogen and oxygen atoms in total. The maximum atomic E-state index is 11.8. The summed E-state index contributed by atoms with van der Waals surface area (Å²) in [5, 5.41) is 12.3. The highest BCUT2D eigenvalue weighted by Crippen LogP contribution is 2.21. The Balaban J connectivity index is 1.92. The topological polar surface area (TPSA) is 99.8 Å². The molecule has 0 fully saturated rings. The molecule has 2 aromatic heterocycles. The second kappa shape index (κ2) is 5.41. The highest BCUT2D eigenvalue weighted by Gasteiger charge is 2.10. The van der Waals surface area contributed by atoms with Crippen LogP contribution in [0.15, 0.2) is 18.5 Å². The van der Waals surface area contributed by atoms with Crippen molar-refractivity contribution in [3.05, 3.63) is 29.2 Å². The van der Waals surface area contributed by atoms with Gasteiger partial charge in [-0.15, -0.1) is 11.3 Å². The van der Waals surface area contributed by atoms with Crippen LogP contribution in [-0.4, -0.2) is 27.0 Å². The SMILES string of the molecule is CC(=O)Nc1ccc(C(=O)NCc2ncn[nH]2)s1. The van der Waals surface area contributed by atoms with Crippen LogP contribution in [0.4, 0.5) is 5.00 Å². The molecule has 0 aromatic carbocycles. The van der Waals surface area contributed by atoms with Crippen molar-refractivity contribution in [2.24, 2.45) is 0 Å². The molecule has 0 bridgehead atoms. The third-order valence-electron chi connectivity index (χ3n) is 2.01. The van der Waals surface area contributed by atoms with Gasteiger partial charge in [-0.2, -0.15) is 5.10 Å². The van der Waals surface area contributed by atoms with Gasteiger partial charge in [0.1, 0.15) is 12.2 Å². The van der Waals surface area contributed by atoms with Crippen molar-refractivity contribution in [3.8, 4) is 0 Å². The summed E-state index contributed by atoms with van der Waals surface area (Å²) in [6.07, 6.45) is 1.38. The number of carbonyl (C=O) groups is 2. The molecule has 2 aromatic rings. The first-order valence-corrected chi connectivity index (χ1v) is 5.96. The molecule has 0 unspecified atom stereocenters. The van der Waals surface area contributed by atoms with Crippen molar-refractivity contribution in [2.45, 2.75) is 13.5 Å². The van der Waals surface area contributed by atoms with Gasteiger partial charge in [0.25, 0.3) is 5.91 Å². The Morgan fingerprint density at radius 2 is 2.28 bits per heavy atom. The zero-order chi connectivity index (χ0) is 13.0. The number of rotatable bonds is 4. The molecule has 8 heteroatoms. The summed E-state index contributed by atoms with van der Waals surface area (Å²) in [4.78, 5) is 27.0. The van der Waals surface area contributed by atoms with Gasteiger partial charge in [0.15, 0.2) is 0 Å². The van der Waals surface area contributed by atoms with Crippen molar-refractivity contribution in [2.75, 3.05) is 5.32 Å². The van der Waals surface area contributed by atoms with Crippen molar-refractivity contribution in [1.82, 2.24) is 20.5 Å². The maximum absolute atomic E-state index is 11.8. The van der Waals surface area contributed by atoms with Gasteiger partial charge in [-0.25, -0.2) is 4.98 Å². The van der Waals surface area contributed by atoms with E-state index in [1.165, 1.54) is 24.6 Å². The van der Waals surface area contributed by atoms with E-state index in [2.05, 4.69) is 25.8 Å². The van der Waals surface area contributed by atoms with E-state index in [1.807, 2.05) is 0 Å². The number of hydrogen-bond donors (Lipinski definition) is 3. The maximum Gasteiger partial charge on any atom is 0.261 e. The summed E-state index contributed by atoms with van der Waals surface area (Å²) in [6, 6.07) is 3.35. The lowest BCUT2D eigenvalue weighted by Crippen LogP contribution is -2.22. The van der Waals surface area contributed by atoms with E-state index in [-0.39, 0.29) is 18.4 Å². The van der Waals surface area contributed by atoms with E-state index in [0.29, 0.717) is 15.7 Å².